The maximum absolute atomic E-state index is 10.4. The molecule has 0 saturated heterocycles. The molecule has 14 heavy (non-hydrogen) atoms. The molecule has 0 unspecified atom stereocenters. The molecule has 0 radical (unpaired) electrons. The summed E-state index contributed by atoms with van der Waals surface area (Å²) < 4.78 is 0. The van der Waals surface area contributed by atoms with Crippen LogP contribution >= 0.6 is 0 Å². The highest BCUT2D eigenvalue weighted by Crippen LogP contribution is 1.98. The third-order valence-electron chi connectivity index (χ3n) is 1.97. The minimum absolute atomic E-state index is 0.0578. The van der Waals surface area contributed by atoms with E-state index in [0.717, 1.165) is 25.8 Å². The molecule has 0 fully saturated rings. The van der Waals surface area contributed by atoms with Crippen LogP contribution in [0.1, 0.15) is 25.7 Å². The number of nitrogens with two attached hydrogens (primary N) is 1. The lowest BCUT2D eigenvalue weighted by atomic mass is 10.2. The second-order valence-corrected chi connectivity index (χ2v) is 3.29. The predicted octanol–water partition coefficient (Wildman–Crippen LogP) is -1.03. The Morgan fingerprint density at radius 1 is 1.21 bits per heavy atom. The van der Waals surface area contributed by atoms with Gasteiger partial charge in [0.1, 0.15) is 0 Å². The molecule has 0 aromatic carbocycles. The van der Waals surface area contributed by atoms with Crippen LogP contribution in [0.2, 0.25) is 0 Å². The standard InChI is InChI=1S/C9H20N2O3/c10-9(14)4-2-1-3-5-11-8(6-12)7-13/h8,11-13H,1-7H2,(H2,10,14). The summed E-state index contributed by atoms with van der Waals surface area (Å²) in [5, 5.41) is 20.4. The smallest absolute Gasteiger partial charge is 0.217 e. The number of unbranched alkanes of at least 4 members (excludes halogenated alkanes) is 2. The van der Waals surface area contributed by atoms with E-state index in [9.17, 15) is 4.79 Å². The predicted molar refractivity (Wildman–Crippen MR) is 53.6 cm³/mol. The van der Waals surface area contributed by atoms with E-state index in [0.29, 0.717) is 6.42 Å². The number of rotatable bonds is 9. The molecule has 1 amide bonds. The number of hydrogen-bond donors (Lipinski definition) is 4. The van der Waals surface area contributed by atoms with Crippen molar-refractivity contribution < 1.29 is 15.0 Å². The topological polar surface area (TPSA) is 95.6 Å². The summed E-state index contributed by atoms with van der Waals surface area (Å²) in [5.74, 6) is -0.262. The van der Waals surface area contributed by atoms with Crippen molar-refractivity contribution in [1.82, 2.24) is 5.32 Å². The number of nitrogens with one attached hydrogen (secondary N) is 1. The zero-order valence-electron chi connectivity index (χ0n) is 8.41. The van der Waals surface area contributed by atoms with Gasteiger partial charge < -0.3 is 21.3 Å². The van der Waals surface area contributed by atoms with Gasteiger partial charge in [-0.05, 0) is 19.4 Å². The van der Waals surface area contributed by atoms with Crippen LogP contribution in [0.3, 0.4) is 0 Å². The Balaban J connectivity index is 3.16. The van der Waals surface area contributed by atoms with E-state index in [4.69, 9.17) is 15.9 Å². The Morgan fingerprint density at radius 3 is 2.36 bits per heavy atom. The first-order valence-corrected chi connectivity index (χ1v) is 4.94. The van der Waals surface area contributed by atoms with Crippen LogP contribution in [-0.2, 0) is 4.79 Å². The fourth-order valence-corrected chi connectivity index (χ4v) is 1.09. The molecule has 0 aromatic rings. The van der Waals surface area contributed by atoms with Crippen molar-refractivity contribution in [2.24, 2.45) is 5.73 Å². The Labute approximate surface area is 84.3 Å². The number of aliphatic hydroxyl groups excluding tert-OH is 2. The van der Waals surface area contributed by atoms with Gasteiger partial charge in [-0.2, -0.15) is 0 Å². The fraction of sp³-hybridized carbons (Fsp3) is 0.889. The number of aliphatic hydroxyl groups is 2. The normalized spacial score (nSPS) is 10.8. The molecular formula is C9H20N2O3. The molecule has 0 spiro atoms. The zero-order chi connectivity index (χ0) is 10.8. The number of carbonyl (C=O) groups is 1. The van der Waals surface area contributed by atoms with Crippen molar-refractivity contribution in [3.63, 3.8) is 0 Å². The number of carbonyl (C=O) groups excluding carboxylic acids is 1. The molecule has 0 aliphatic heterocycles. The van der Waals surface area contributed by atoms with Gasteiger partial charge in [-0.15, -0.1) is 0 Å². The number of amides is 1. The molecular weight excluding hydrogens is 184 g/mol. The highest BCUT2D eigenvalue weighted by Gasteiger charge is 2.02. The summed E-state index contributed by atoms with van der Waals surface area (Å²) in [6, 6.07) is -0.230. The summed E-state index contributed by atoms with van der Waals surface area (Å²) in [4.78, 5) is 10.4. The minimum Gasteiger partial charge on any atom is -0.395 e. The largest absolute Gasteiger partial charge is 0.395 e. The highest BCUT2D eigenvalue weighted by molar-refractivity contribution is 5.73. The van der Waals surface area contributed by atoms with Crippen molar-refractivity contribution in [3.8, 4) is 0 Å². The lowest BCUT2D eigenvalue weighted by Crippen LogP contribution is -2.36. The second kappa shape index (κ2) is 8.93. The fourth-order valence-electron chi connectivity index (χ4n) is 1.09. The van der Waals surface area contributed by atoms with E-state index in [2.05, 4.69) is 5.32 Å². The zero-order valence-corrected chi connectivity index (χ0v) is 8.41. The first-order chi connectivity index (χ1) is 6.70. The van der Waals surface area contributed by atoms with Gasteiger partial charge >= 0.3 is 0 Å². The molecule has 0 heterocycles. The molecule has 5 nitrogen and oxygen atoms in total. The van der Waals surface area contributed by atoms with E-state index in [1.54, 1.807) is 0 Å². The van der Waals surface area contributed by atoms with E-state index in [1.807, 2.05) is 0 Å². The molecule has 0 bridgehead atoms. The Hall–Kier alpha value is -0.650. The lowest BCUT2D eigenvalue weighted by molar-refractivity contribution is -0.118. The lowest BCUT2D eigenvalue weighted by Gasteiger charge is -2.12. The third-order valence-corrected chi connectivity index (χ3v) is 1.97. The summed E-state index contributed by atoms with van der Waals surface area (Å²) in [7, 11) is 0. The van der Waals surface area contributed by atoms with Gasteiger partial charge in [0.2, 0.25) is 5.91 Å². The minimum atomic E-state index is -0.262. The summed E-state index contributed by atoms with van der Waals surface area (Å²) >= 11 is 0. The molecule has 5 heteroatoms. The van der Waals surface area contributed by atoms with Gasteiger partial charge in [-0.3, -0.25) is 4.79 Å². The molecule has 0 aliphatic rings. The summed E-state index contributed by atoms with van der Waals surface area (Å²) in [5.41, 5.74) is 4.98. The SMILES string of the molecule is NC(=O)CCCCCNC(CO)CO. The van der Waals surface area contributed by atoms with E-state index >= 15 is 0 Å². The van der Waals surface area contributed by atoms with Crippen molar-refractivity contribution in [1.29, 1.82) is 0 Å². The van der Waals surface area contributed by atoms with Crippen LogP contribution in [0.25, 0.3) is 0 Å². The maximum Gasteiger partial charge on any atom is 0.217 e. The molecule has 0 aliphatic carbocycles. The van der Waals surface area contributed by atoms with Crippen molar-refractivity contribution in [3.05, 3.63) is 0 Å². The Morgan fingerprint density at radius 2 is 1.86 bits per heavy atom. The van der Waals surface area contributed by atoms with Gasteiger partial charge in [-0.25, -0.2) is 0 Å². The molecule has 84 valence electrons. The molecule has 0 aromatic heterocycles. The third kappa shape index (κ3) is 7.97. The average Bonchev–Trinajstić information content (AvgIpc) is 2.16. The second-order valence-electron chi connectivity index (χ2n) is 3.29. The number of hydrogen-bond acceptors (Lipinski definition) is 4. The van der Waals surface area contributed by atoms with Crippen LogP contribution in [-0.4, -0.2) is 41.9 Å². The average molecular weight is 204 g/mol. The van der Waals surface area contributed by atoms with Crippen LogP contribution < -0.4 is 11.1 Å². The van der Waals surface area contributed by atoms with Crippen molar-refractivity contribution in [2.75, 3.05) is 19.8 Å². The van der Waals surface area contributed by atoms with Gasteiger partial charge in [0, 0.05) is 6.42 Å². The van der Waals surface area contributed by atoms with Crippen LogP contribution in [0.15, 0.2) is 0 Å². The Kier molecular flexibility index (Phi) is 8.51. The molecule has 0 atom stereocenters. The molecule has 5 N–H and O–H groups in total. The summed E-state index contributed by atoms with van der Waals surface area (Å²) in [6.07, 6.45) is 3.09. The molecule has 0 rings (SSSR count). The quantitative estimate of drug-likeness (QED) is 0.361. The van der Waals surface area contributed by atoms with Crippen LogP contribution in [0.5, 0.6) is 0 Å². The Bertz CT molecular complexity index is 149. The van der Waals surface area contributed by atoms with Gasteiger partial charge in [0.05, 0.1) is 19.3 Å². The number of primary amides is 1. The van der Waals surface area contributed by atoms with Crippen molar-refractivity contribution >= 4 is 5.91 Å². The van der Waals surface area contributed by atoms with Crippen LogP contribution in [0.4, 0.5) is 0 Å². The van der Waals surface area contributed by atoms with Gasteiger partial charge in [0.25, 0.3) is 0 Å². The summed E-state index contributed by atoms with van der Waals surface area (Å²) in [6.45, 7) is 0.625. The maximum atomic E-state index is 10.4. The van der Waals surface area contributed by atoms with Gasteiger partial charge in [-0.1, -0.05) is 6.42 Å². The highest BCUT2D eigenvalue weighted by atomic mass is 16.3. The van der Waals surface area contributed by atoms with Crippen LogP contribution in [0, 0.1) is 0 Å². The van der Waals surface area contributed by atoms with E-state index in [1.165, 1.54) is 0 Å². The van der Waals surface area contributed by atoms with Crippen molar-refractivity contribution in [2.45, 2.75) is 31.7 Å². The molecule has 0 saturated carbocycles. The van der Waals surface area contributed by atoms with E-state index < -0.39 is 0 Å². The van der Waals surface area contributed by atoms with E-state index in [-0.39, 0.29) is 25.2 Å². The first kappa shape index (κ1) is 13.4. The monoisotopic (exact) mass is 204 g/mol. The van der Waals surface area contributed by atoms with Gasteiger partial charge in [0.15, 0.2) is 0 Å². The first-order valence-electron chi connectivity index (χ1n) is 4.94.